The molecule has 29 heavy (non-hydrogen) atoms. The van der Waals surface area contributed by atoms with E-state index >= 15 is 0 Å². The summed E-state index contributed by atoms with van der Waals surface area (Å²) < 4.78 is 11.4. The Balaban J connectivity index is 2.02. The zero-order valence-electron chi connectivity index (χ0n) is 18.7. The van der Waals surface area contributed by atoms with E-state index in [0.29, 0.717) is 12.3 Å². The highest BCUT2D eigenvalue weighted by Gasteiger charge is 2.44. The third-order valence-corrected chi connectivity index (χ3v) is 8.67. The van der Waals surface area contributed by atoms with Crippen molar-refractivity contribution in [2.24, 2.45) is 11.8 Å². The summed E-state index contributed by atoms with van der Waals surface area (Å²) in [4.78, 5) is 26.7. The van der Waals surface area contributed by atoms with Gasteiger partial charge in [0.25, 0.3) is 0 Å². The van der Waals surface area contributed by atoms with E-state index in [-0.39, 0.29) is 41.6 Å². The lowest BCUT2D eigenvalue weighted by Crippen LogP contribution is -2.62. The lowest BCUT2D eigenvalue weighted by molar-refractivity contribution is -0.139. The minimum absolute atomic E-state index is 0.00674. The quantitative estimate of drug-likeness (QED) is 0.182. The maximum Gasteiger partial charge on any atom is 0.332 e. The molecule has 0 radical (unpaired) electrons. The van der Waals surface area contributed by atoms with Crippen molar-refractivity contribution < 1.29 is 18.8 Å². The van der Waals surface area contributed by atoms with E-state index < -0.39 is 9.76 Å². The van der Waals surface area contributed by atoms with Crippen LogP contribution in [0.5, 0.6) is 0 Å². The summed E-state index contributed by atoms with van der Waals surface area (Å²) in [6.07, 6.45) is 5.90. The van der Waals surface area contributed by atoms with Crippen LogP contribution in [0.3, 0.4) is 0 Å². The van der Waals surface area contributed by atoms with Gasteiger partial charge < -0.3 is 19.4 Å². The Morgan fingerprint density at radius 3 is 2.55 bits per heavy atom. The Kier molecular flexibility index (Phi) is 8.52. The molecular weight excluding hydrogens is 384 g/mol. The number of carbonyl (C=O) groups excluding carboxylic acids is 2. The van der Waals surface area contributed by atoms with Gasteiger partial charge >= 0.3 is 5.97 Å². The molecule has 2 aliphatic rings. The highest BCUT2D eigenvalue weighted by Crippen LogP contribution is 2.35. The third kappa shape index (κ3) is 6.44. The van der Waals surface area contributed by atoms with E-state index in [9.17, 15) is 9.59 Å². The van der Waals surface area contributed by atoms with Gasteiger partial charge in [-0.1, -0.05) is 40.3 Å². The Hall–Kier alpha value is -1.60. The minimum Gasteiger partial charge on any atom is -0.458 e. The van der Waals surface area contributed by atoms with Crippen LogP contribution in [0.15, 0.2) is 24.4 Å². The summed E-state index contributed by atoms with van der Waals surface area (Å²) in [6.45, 7) is 16.6. The average Bonchev–Trinajstić information content (AvgIpc) is 3.18. The van der Waals surface area contributed by atoms with Gasteiger partial charge in [-0.3, -0.25) is 4.79 Å². The van der Waals surface area contributed by atoms with E-state index in [1.807, 2.05) is 6.92 Å². The molecule has 2 saturated heterocycles. The molecule has 0 spiro atoms. The van der Waals surface area contributed by atoms with Crippen LogP contribution in [0.1, 0.15) is 53.9 Å². The van der Waals surface area contributed by atoms with Gasteiger partial charge in [-0.15, -0.1) is 0 Å². The molecule has 164 valence electrons. The number of ether oxygens (including phenoxy) is 1. The number of likely N-dealkylation sites (tertiary alicyclic amines) is 1. The number of hydrogen-bond acceptors (Lipinski definition) is 5. The maximum absolute atomic E-state index is 12.3. The number of amides is 1. The molecular formula is C22H38N2O4Si. The number of nitrogens with one attached hydrogen (secondary N) is 1. The van der Waals surface area contributed by atoms with Crippen LogP contribution in [0.4, 0.5) is 0 Å². The molecule has 6 nitrogen and oxygen atoms in total. The molecule has 3 atom stereocenters. The molecule has 2 heterocycles. The van der Waals surface area contributed by atoms with Crippen molar-refractivity contribution >= 4 is 21.6 Å². The summed E-state index contributed by atoms with van der Waals surface area (Å²) in [5.74, 6) is 0.0811. The summed E-state index contributed by atoms with van der Waals surface area (Å²) in [7, 11) is -0.777. The highest BCUT2D eigenvalue weighted by molar-refractivity contribution is 6.32. The average molecular weight is 423 g/mol. The van der Waals surface area contributed by atoms with Crippen molar-refractivity contribution in [3.05, 3.63) is 24.4 Å². The molecule has 0 aliphatic carbocycles. The lowest BCUT2D eigenvalue weighted by Gasteiger charge is -2.42. The van der Waals surface area contributed by atoms with Gasteiger partial charge in [0.1, 0.15) is 6.61 Å². The predicted molar refractivity (Wildman–Crippen MR) is 118 cm³/mol. The van der Waals surface area contributed by atoms with E-state index in [1.165, 1.54) is 0 Å². The summed E-state index contributed by atoms with van der Waals surface area (Å²) in [5, 5.41) is 3.22. The zero-order chi connectivity index (χ0) is 21.6. The van der Waals surface area contributed by atoms with Crippen LogP contribution in [-0.4, -0.2) is 58.4 Å². The molecule has 1 N–H and O–H groups in total. The second-order valence-electron chi connectivity index (χ2n) is 9.25. The Morgan fingerprint density at radius 2 is 2.00 bits per heavy atom. The molecule has 2 rings (SSSR count). The van der Waals surface area contributed by atoms with Gasteiger partial charge in [-0.05, 0) is 30.7 Å². The second kappa shape index (κ2) is 10.4. The van der Waals surface area contributed by atoms with Crippen LogP contribution in [0.2, 0.25) is 5.04 Å². The first-order valence-corrected chi connectivity index (χ1v) is 12.1. The molecule has 2 fully saturated rings. The fourth-order valence-corrected chi connectivity index (χ4v) is 4.85. The smallest absolute Gasteiger partial charge is 0.332 e. The first-order valence-electron chi connectivity index (χ1n) is 10.8. The fourth-order valence-electron chi connectivity index (χ4n) is 3.62. The van der Waals surface area contributed by atoms with Crippen molar-refractivity contribution in [1.29, 1.82) is 0 Å². The molecule has 2 aliphatic heterocycles. The van der Waals surface area contributed by atoms with E-state index in [0.717, 1.165) is 31.6 Å². The van der Waals surface area contributed by atoms with Crippen molar-refractivity contribution in [2.45, 2.75) is 71.1 Å². The van der Waals surface area contributed by atoms with Crippen molar-refractivity contribution in [3.63, 3.8) is 0 Å². The largest absolute Gasteiger partial charge is 0.458 e. The molecule has 0 bridgehead atoms. The highest BCUT2D eigenvalue weighted by atomic mass is 28.2. The minimum atomic E-state index is -0.777. The van der Waals surface area contributed by atoms with Gasteiger partial charge in [0, 0.05) is 37.3 Å². The van der Waals surface area contributed by atoms with Gasteiger partial charge in [0.2, 0.25) is 5.91 Å². The number of nitrogens with zero attached hydrogens (tertiary/aromatic N) is 1. The van der Waals surface area contributed by atoms with Crippen molar-refractivity contribution in [3.8, 4) is 0 Å². The molecule has 0 aromatic carbocycles. The Labute approximate surface area is 178 Å². The predicted octanol–water partition coefficient (Wildman–Crippen LogP) is 2.54. The van der Waals surface area contributed by atoms with Crippen LogP contribution in [-0.2, 0) is 18.8 Å². The molecule has 0 saturated carbocycles. The van der Waals surface area contributed by atoms with Crippen LogP contribution >= 0.6 is 0 Å². The first kappa shape index (κ1) is 23.7. The number of rotatable bonds is 11. The van der Waals surface area contributed by atoms with Gasteiger partial charge in [-0.2, -0.15) is 0 Å². The monoisotopic (exact) mass is 422 g/mol. The number of carbonyl (C=O) groups is 2. The molecule has 0 aromatic heterocycles. The van der Waals surface area contributed by atoms with Gasteiger partial charge in [0.05, 0.1) is 12.0 Å². The topological polar surface area (TPSA) is 67.9 Å². The van der Waals surface area contributed by atoms with E-state index in [4.69, 9.17) is 9.16 Å². The maximum atomic E-state index is 12.3. The fraction of sp³-hybridized carbons (Fsp3) is 0.727. The molecule has 1 amide bonds. The van der Waals surface area contributed by atoms with Gasteiger partial charge in [-0.25, -0.2) is 4.79 Å². The van der Waals surface area contributed by atoms with Crippen molar-refractivity contribution in [2.75, 3.05) is 19.7 Å². The lowest BCUT2D eigenvalue weighted by atomic mass is 9.83. The first-order chi connectivity index (χ1) is 13.7. The zero-order valence-corrected chi connectivity index (χ0v) is 20.1. The SMILES string of the molecule is C=CCOC(=O)C=C(C[C@H]1NC(=O)[C@@H]1[C@@H](C)O[SiH2]C(C)(C)C(C)C)N1CCCC1. The third-order valence-electron chi connectivity index (χ3n) is 6.42. The van der Waals surface area contributed by atoms with Crippen LogP contribution in [0, 0.1) is 11.8 Å². The van der Waals surface area contributed by atoms with E-state index in [1.54, 1.807) is 12.2 Å². The normalized spacial score (nSPS) is 24.0. The Morgan fingerprint density at radius 1 is 1.34 bits per heavy atom. The number of esters is 1. The standard InChI is InChI=1S/C22H38N2O4Si/c1-7-12-27-19(25)14-17(24-10-8-9-11-24)13-18-20(21(26)23-18)16(4)28-29-22(5,6)15(2)3/h7,14-16,18,20H,1,8-13,29H2,2-6H3,(H,23,26)/t16-,18-,20-/m1/s1. The summed E-state index contributed by atoms with van der Waals surface area (Å²) in [5.41, 5.74) is 0.943. The molecule has 0 unspecified atom stereocenters. The number of hydrogen-bond donors (Lipinski definition) is 1. The summed E-state index contributed by atoms with van der Waals surface area (Å²) >= 11 is 0. The number of β-lactam (4-membered cyclic amide) rings is 1. The van der Waals surface area contributed by atoms with Crippen LogP contribution < -0.4 is 5.32 Å². The Bertz CT molecular complexity index is 626. The van der Waals surface area contributed by atoms with Crippen LogP contribution in [0.25, 0.3) is 0 Å². The second-order valence-corrected chi connectivity index (χ2v) is 11.7. The summed E-state index contributed by atoms with van der Waals surface area (Å²) in [6, 6.07) is -0.00674. The molecule has 7 heteroatoms. The molecule has 0 aromatic rings. The van der Waals surface area contributed by atoms with Crippen molar-refractivity contribution in [1.82, 2.24) is 10.2 Å². The van der Waals surface area contributed by atoms with Gasteiger partial charge in [0.15, 0.2) is 9.76 Å². The van der Waals surface area contributed by atoms with E-state index in [2.05, 4.69) is 44.5 Å².